The maximum absolute atomic E-state index is 13.4. The number of aromatic amines is 1. The third kappa shape index (κ3) is 6.93. The van der Waals surface area contributed by atoms with E-state index in [9.17, 15) is 19.2 Å². The fraction of sp³-hybridized carbons (Fsp3) is 0.226. The number of fused-ring (bicyclic) bond motifs is 1. The van der Waals surface area contributed by atoms with E-state index in [1.807, 2.05) is 72.9 Å². The standard InChI is InChI=1S/C31H30ClN5O4/c32-24-12-6-4-10-21(24)16-34-30(40)26(15-22-17-33-25-13-7-5-11-23(22)25)35-28(38)18-37-19-29(39)36-27(31(37)41)14-20-8-2-1-3-9-20/h1-13,17,26-27,33H,14-16,18-19H2,(H,34,40)(H,35,38)(H,36,39). The summed E-state index contributed by atoms with van der Waals surface area (Å²) < 4.78 is 0. The van der Waals surface area contributed by atoms with Crippen LogP contribution in [0.15, 0.2) is 85.1 Å². The molecule has 4 amide bonds. The maximum Gasteiger partial charge on any atom is 0.246 e. The molecule has 2 atom stereocenters. The Hall–Kier alpha value is -4.63. The first kappa shape index (κ1) is 27.9. The number of hydrogen-bond donors (Lipinski definition) is 4. The highest BCUT2D eigenvalue weighted by atomic mass is 35.5. The molecule has 4 aromatic rings. The second-order valence-corrected chi connectivity index (χ2v) is 10.4. The molecule has 5 rings (SSSR count). The van der Waals surface area contributed by atoms with Crippen LogP contribution in [0.5, 0.6) is 0 Å². The van der Waals surface area contributed by atoms with Crippen molar-refractivity contribution in [1.29, 1.82) is 0 Å². The van der Waals surface area contributed by atoms with Gasteiger partial charge in [0.1, 0.15) is 25.2 Å². The van der Waals surface area contributed by atoms with Gasteiger partial charge in [-0.15, -0.1) is 0 Å². The van der Waals surface area contributed by atoms with E-state index in [1.165, 1.54) is 4.90 Å². The molecule has 0 bridgehead atoms. The highest BCUT2D eigenvalue weighted by Gasteiger charge is 2.34. The molecule has 10 heteroatoms. The minimum absolute atomic E-state index is 0.185. The first-order chi connectivity index (χ1) is 19.9. The lowest BCUT2D eigenvalue weighted by atomic mass is 10.0. The number of para-hydroxylation sites is 1. The summed E-state index contributed by atoms with van der Waals surface area (Å²) in [4.78, 5) is 56.6. The molecular formula is C31H30ClN5O4. The quantitative estimate of drug-likeness (QED) is 0.234. The van der Waals surface area contributed by atoms with Crippen LogP contribution in [0.2, 0.25) is 5.02 Å². The van der Waals surface area contributed by atoms with Gasteiger partial charge >= 0.3 is 0 Å². The van der Waals surface area contributed by atoms with Crippen LogP contribution >= 0.6 is 11.6 Å². The molecule has 210 valence electrons. The number of amides is 4. The monoisotopic (exact) mass is 571 g/mol. The van der Waals surface area contributed by atoms with Gasteiger partial charge < -0.3 is 25.8 Å². The van der Waals surface area contributed by atoms with E-state index < -0.39 is 23.9 Å². The molecule has 2 unspecified atom stereocenters. The number of rotatable bonds is 10. The van der Waals surface area contributed by atoms with Gasteiger partial charge in [-0.3, -0.25) is 19.2 Å². The average molecular weight is 572 g/mol. The number of carbonyl (C=O) groups is 4. The molecule has 0 saturated carbocycles. The highest BCUT2D eigenvalue weighted by molar-refractivity contribution is 6.31. The molecule has 41 heavy (non-hydrogen) atoms. The molecule has 4 N–H and O–H groups in total. The van der Waals surface area contributed by atoms with E-state index >= 15 is 0 Å². The van der Waals surface area contributed by atoms with Gasteiger partial charge in [-0.05, 0) is 28.8 Å². The molecule has 1 saturated heterocycles. The van der Waals surface area contributed by atoms with Crippen molar-refractivity contribution < 1.29 is 19.2 Å². The summed E-state index contributed by atoms with van der Waals surface area (Å²) in [5.41, 5.74) is 3.41. The van der Waals surface area contributed by atoms with E-state index in [0.717, 1.165) is 27.6 Å². The van der Waals surface area contributed by atoms with Gasteiger partial charge in [-0.1, -0.05) is 78.3 Å². The Bertz CT molecular complexity index is 1570. The van der Waals surface area contributed by atoms with Crippen molar-refractivity contribution in [3.63, 3.8) is 0 Å². The molecule has 1 aliphatic heterocycles. The first-order valence-corrected chi connectivity index (χ1v) is 13.7. The normalized spacial score (nSPS) is 15.8. The Kier molecular flexibility index (Phi) is 8.64. The number of carbonyl (C=O) groups excluding carboxylic acids is 4. The van der Waals surface area contributed by atoms with Crippen molar-refractivity contribution in [3.05, 3.63) is 107 Å². The zero-order valence-electron chi connectivity index (χ0n) is 22.2. The summed E-state index contributed by atoms with van der Waals surface area (Å²) in [6.07, 6.45) is 2.35. The minimum atomic E-state index is -0.932. The van der Waals surface area contributed by atoms with E-state index in [0.29, 0.717) is 11.4 Å². The van der Waals surface area contributed by atoms with E-state index in [4.69, 9.17) is 11.6 Å². The summed E-state index contributed by atoms with van der Waals surface area (Å²) in [5.74, 6) is -1.62. The largest absolute Gasteiger partial charge is 0.361 e. The fourth-order valence-electron chi connectivity index (χ4n) is 4.99. The second kappa shape index (κ2) is 12.7. The lowest BCUT2D eigenvalue weighted by molar-refractivity contribution is -0.146. The van der Waals surface area contributed by atoms with Crippen molar-refractivity contribution in [2.45, 2.75) is 31.5 Å². The Morgan fingerprint density at radius 2 is 1.68 bits per heavy atom. The summed E-state index contributed by atoms with van der Waals surface area (Å²) in [7, 11) is 0. The van der Waals surface area contributed by atoms with Crippen LogP contribution in [0.1, 0.15) is 16.7 Å². The van der Waals surface area contributed by atoms with Crippen LogP contribution in [0.3, 0.4) is 0 Å². The van der Waals surface area contributed by atoms with Crippen molar-refractivity contribution in [2.75, 3.05) is 13.1 Å². The predicted molar refractivity (Wildman–Crippen MR) is 156 cm³/mol. The molecule has 0 radical (unpaired) electrons. The number of nitrogens with zero attached hydrogens (tertiary/aromatic N) is 1. The molecular weight excluding hydrogens is 542 g/mol. The van der Waals surface area contributed by atoms with Crippen molar-refractivity contribution in [1.82, 2.24) is 25.8 Å². The van der Waals surface area contributed by atoms with Crippen LogP contribution in [-0.4, -0.2) is 58.7 Å². The van der Waals surface area contributed by atoms with Gasteiger partial charge in [0.25, 0.3) is 0 Å². The molecule has 2 heterocycles. The second-order valence-electron chi connectivity index (χ2n) is 10.00. The van der Waals surface area contributed by atoms with Crippen LogP contribution in [-0.2, 0) is 38.6 Å². The van der Waals surface area contributed by atoms with Gasteiger partial charge in [-0.25, -0.2) is 0 Å². The third-order valence-electron chi connectivity index (χ3n) is 7.06. The third-order valence-corrected chi connectivity index (χ3v) is 7.43. The maximum atomic E-state index is 13.4. The lowest BCUT2D eigenvalue weighted by Gasteiger charge is -2.32. The van der Waals surface area contributed by atoms with Crippen molar-refractivity contribution in [3.8, 4) is 0 Å². The topological polar surface area (TPSA) is 123 Å². The zero-order chi connectivity index (χ0) is 28.8. The molecule has 0 spiro atoms. The number of hydrogen-bond acceptors (Lipinski definition) is 4. The first-order valence-electron chi connectivity index (χ1n) is 13.3. The van der Waals surface area contributed by atoms with Gasteiger partial charge in [-0.2, -0.15) is 0 Å². The molecule has 9 nitrogen and oxygen atoms in total. The lowest BCUT2D eigenvalue weighted by Crippen LogP contribution is -2.61. The SMILES string of the molecule is O=C(CN1CC(=O)NC(Cc2ccccc2)C1=O)NC(Cc1c[nH]c2ccccc12)C(=O)NCc1ccccc1Cl. The number of piperazine rings is 1. The zero-order valence-corrected chi connectivity index (χ0v) is 23.0. The molecule has 1 fully saturated rings. The molecule has 0 aliphatic carbocycles. The summed E-state index contributed by atoms with van der Waals surface area (Å²) in [5, 5.41) is 9.85. The predicted octanol–water partition coefficient (Wildman–Crippen LogP) is 2.73. The fourth-order valence-corrected chi connectivity index (χ4v) is 5.19. The Morgan fingerprint density at radius 1 is 0.951 bits per heavy atom. The average Bonchev–Trinajstić information content (AvgIpc) is 3.38. The van der Waals surface area contributed by atoms with Gasteiger partial charge in [0.05, 0.1) is 0 Å². The minimum Gasteiger partial charge on any atom is -0.361 e. The van der Waals surface area contributed by atoms with Gasteiger partial charge in [0.15, 0.2) is 0 Å². The highest BCUT2D eigenvalue weighted by Crippen LogP contribution is 2.20. The smallest absolute Gasteiger partial charge is 0.246 e. The molecule has 3 aromatic carbocycles. The van der Waals surface area contributed by atoms with Gasteiger partial charge in [0.2, 0.25) is 23.6 Å². The van der Waals surface area contributed by atoms with E-state index in [2.05, 4.69) is 20.9 Å². The summed E-state index contributed by atoms with van der Waals surface area (Å²) >= 11 is 6.25. The van der Waals surface area contributed by atoms with Gasteiger partial charge in [0, 0.05) is 41.5 Å². The summed E-state index contributed by atoms with van der Waals surface area (Å²) in [6.45, 7) is -0.395. The van der Waals surface area contributed by atoms with Crippen molar-refractivity contribution in [2.24, 2.45) is 0 Å². The van der Waals surface area contributed by atoms with Crippen LogP contribution in [0.25, 0.3) is 10.9 Å². The summed E-state index contributed by atoms with van der Waals surface area (Å²) in [6, 6.07) is 22.5. The number of aromatic nitrogens is 1. The number of nitrogens with one attached hydrogen (secondary N) is 4. The Labute approximate surface area is 242 Å². The van der Waals surface area contributed by atoms with Crippen LogP contribution in [0.4, 0.5) is 0 Å². The molecule has 1 aromatic heterocycles. The number of benzene rings is 3. The Morgan fingerprint density at radius 3 is 2.49 bits per heavy atom. The van der Waals surface area contributed by atoms with E-state index in [-0.39, 0.29) is 37.9 Å². The van der Waals surface area contributed by atoms with Crippen LogP contribution in [0, 0.1) is 0 Å². The number of halogens is 1. The van der Waals surface area contributed by atoms with E-state index in [1.54, 1.807) is 12.1 Å². The molecule has 1 aliphatic rings. The van der Waals surface area contributed by atoms with Crippen molar-refractivity contribution >= 4 is 46.1 Å². The number of H-pyrrole nitrogens is 1. The Balaban J connectivity index is 1.29. The van der Waals surface area contributed by atoms with Crippen LogP contribution < -0.4 is 16.0 Å².